The fraction of sp³-hybridized carbons (Fsp3) is 0.615. The van der Waals surface area contributed by atoms with Crippen LogP contribution in [0.4, 0.5) is 0 Å². The molecule has 20 heavy (non-hydrogen) atoms. The number of ether oxygens (including phenoxy) is 2. The zero-order valence-corrected chi connectivity index (χ0v) is 12.4. The Bertz CT molecular complexity index is 480. The monoisotopic (exact) mass is 298 g/mol. The summed E-state index contributed by atoms with van der Waals surface area (Å²) in [6.07, 6.45) is 1.89. The predicted octanol–water partition coefficient (Wildman–Crippen LogP) is 1.57. The van der Waals surface area contributed by atoms with E-state index in [0.29, 0.717) is 25.4 Å². The SMILES string of the molecule is CCOC(=O)c1nc(C(=O)N2CCC(OC)CC2)cs1. The number of thiazole rings is 1. The average molecular weight is 298 g/mol. The van der Waals surface area contributed by atoms with Gasteiger partial charge in [-0.2, -0.15) is 0 Å². The second kappa shape index (κ2) is 6.81. The van der Waals surface area contributed by atoms with E-state index in [4.69, 9.17) is 9.47 Å². The molecule has 1 fully saturated rings. The van der Waals surface area contributed by atoms with Crippen LogP contribution < -0.4 is 0 Å². The first-order valence-electron chi connectivity index (χ1n) is 6.60. The van der Waals surface area contributed by atoms with Crippen LogP contribution in [0.1, 0.15) is 40.1 Å². The van der Waals surface area contributed by atoms with Gasteiger partial charge in [-0.25, -0.2) is 9.78 Å². The van der Waals surface area contributed by atoms with Crippen LogP contribution in [0.25, 0.3) is 0 Å². The second-order valence-corrected chi connectivity index (χ2v) is 5.34. The number of carbonyl (C=O) groups is 2. The predicted molar refractivity (Wildman–Crippen MR) is 74.0 cm³/mol. The molecule has 0 radical (unpaired) electrons. The summed E-state index contributed by atoms with van der Waals surface area (Å²) in [5.41, 5.74) is 0.314. The van der Waals surface area contributed by atoms with Gasteiger partial charge in [-0.1, -0.05) is 0 Å². The van der Waals surface area contributed by atoms with Crippen molar-refractivity contribution < 1.29 is 19.1 Å². The maximum absolute atomic E-state index is 12.3. The van der Waals surface area contributed by atoms with Gasteiger partial charge in [0.25, 0.3) is 5.91 Å². The molecule has 1 amide bonds. The molecule has 7 heteroatoms. The zero-order chi connectivity index (χ0) is 14.5. The number of hydrogen-bond donors (Lipinski definition) is 0. The lowest BCUT2D eigenvalue weighted by Crippen LogP contribution is -2.40. The number of hydrogen-bond acceptors (Lipinski definition) is 6. The van der Waals surface area contributed by atoms with Crippen molar-refractivity contribution in [3.63, 3.8) is 0 Å². The molecule has 2 rings (SSSR count). The third-order valence-electron chi connectivity index (χ3n) is 3.24. The van der Waals surface area contributed by atoms with E-state index in [2.05, 4.69) is 4.98 Å². The Hall–Kier alpha value is -1.47. The highest BCUT2D eigenvalue weighted by Gasteiger charge is 2.25. The van der Waals surface area contributed by atoms with Gasteiger partial charge >= 0.3 is 5.97 Å². The van der Waals surface area contributed by atoms with E-state index in [9.17, 15) is 9.59 Å². The lowest BCUT2D eigenvalue weighted by molar-refractivity contribution is 0.0348. The molecule has 1 aromatic rings. The van der Waals surface area contributed by atoms with Gasteiger partial charge in [-0.15, -0.1) is 11.3 Å². The molecule has 0 saturated carbocycles. The van der Waals surface area contributed by atoms with Crippen molar-refractivity contribution in [3.8, 4) is 0 Å². The van der Waals surface area contributed by atoms with Crippen molar-refractivity contribution in [2.24, 2.45) is 0 Å². The number of methoxy groups -OCH3 is 1. The molecule has 0 aromatic carbocycles. The number of carbonyl (C=O) groups excluding carboxylic acids is 2. The van der Waals surface area contributed by atoms with E-state index in [1.54, 1.807) is 24.3 Å². The van der Waals surface area contributed by atoms with Crippen LogP contribution >= 0.6 is 11.3 Å². The molecule has 0 N–H and O–H groups in total. The van der Waals surface area contributed by atoms with Gasteiger partial charge in [0.1, 0.15) is 5.69 Å². The fourth-order valence-electron chi connectivity index (χ4n) is 2.12. The highest BCUT2D eigenvalue weighted by atomic mass is 32.1. The minimum Gasteiger partial charge on any atom is -0.461 e. The third-order valence-corrected chi connectivity index (χ3v) is 4.06. The van der Waals surface area contributed by atoms with Gasteiger partial charge < -0.3 is 14.4 Å². The quantitative estimate of drug-likeness (QED) is 0.789. The average Bonchev–Trinajstić information content (AvgIpc) is 2.97. The van der Waals surface area contributed by atoms with Gasteiger partial charge in [0.15, 0.2) is 0 Å². The molecule has 0 aliphatic carbocycles. The molecule has 0 unspecified atom stereocenters. The molecule has 0 spiro atoms. The summed E-state index contributed by atoms with van der Waals surface area (Å²) < 4.78 is 10.1. The molecular weight excluding hydrogens is 280 g/mol. The summed E-state index contributed by atoms with van der Waals surface area (Å²) in [4.78, 5) is 29.6. The van der Waals surface area contributed by atoms with E-state index >= 15 is 0 Å². The third kappa shape index (κ3) is 3.34. The first-order valence-corrected chi connectivity index (χ1v) is 7.48. The number of likely N-dealkylation sites (tertiary alicyclic amines) is 1. The Balaban J connectivity index is 1.98. The number of nitrogens with zero attached hydrogens (tertiary/aromatic N) is 2. The van der Waals surface area contributed by atoms with Crippen LogP contribution in [0, 0.1) is 0 Å². The number of aromatic nitrogens is 1. The number of piperidine rings is 1. The minimum atomic E-state index is -0.477. The summed E-state index contributed by atoms with van der Waals surface area (Å²) in [5.74, 6) is -0.610. The number of esters is 1. The molecular formula is C13H18N2O4S. The summed E-state index contributed by atoms with van der Waals surface area (Å²) in [7, 11) is 1.69. The fourth-order valence-corrected chi connectivity index (χ4v) is 2.80. The van der Waals surface area contributed by atoms with Crippen LogP contribution in [0.3, 0.4) is 0 Å². The van der Waals surface area contributed by atoms with Crippen LogP contribution in [0.15, 0.2) is 5.38 Å². The van der Waals surface area contributed by atoms with Gasteiger partial charge in [-0.05, 0) is 19.8 Å². The largest absolute Gasteiger partial charge is 0.461 e. The highest BCUT2D eigenvalue weighted by molar-refractivity contribution is 7.11. The van der Waals surface area contributed by atoms with E-state index in [-0.39, 0.29) is 17.0 Å². The molecule has 1 saturated heterocycles. The van der Waals surface area contributed by atoms with Crippen molar-refractivity contribution >= 4 is 23.2 Å². The summed E-state index contributed by atoms with van der Waals surface area (Å²) in [6, 6.07) is 0. The maximum Gasteiger partial charge on any atom is 0.367 e. The zero-order valence-electron chi connectivity index (χ0n) is 11.6. The summed E-state index contributed by atoms with van der Waals surface area (Å²) in [6.45, 7) is 3.34. The normalized spacial score (nSPS) is 16.2. The summed E-state index contributed by atoms with van der Waals surface area (Å²) >= 11 is 1.14. The molecule has 1 aliphatic heterocycles. The van der Waals surface area contributed by atoms with Crippen LogP contribution in [-0.2, 0) is 9.47 Å². The highest BCUT2D eigenvalue weighted by Crippen LogP contribution is 2.17. The Morgan fingerprint density at radius 1 is 1.45 bits per heavy atom. The molecule has 0 atom stereocenters. The van der Waals surface area contributed by atoms with Crippen molar-refractivity contribution in [1.29, 1.82) is 0 Å². The lowest BCUT2D eigenvalue weighted by atomic mass is 10.1. The molecule has 1 aliphatic rings. The van der Waals surface area contributed by atoms with Crippen molar-refractivity contribution in [3.05, 3.63) is 16.1 Å². The molecule has 6 nitrogen and oxygen atoms in total. The summed E-state index contributed by atoms with van der Waals surface area (Å²) in [5, 5.41) is 1.83. The topological polar surface area (TPSA) is 68.7 Å². The minimum absolute atomic E-state index is 0.133. The van der Waals surface area contributed by atoms with Crippen LogP contribution in [0.5, 0.6) is 0 Å². The van der Waals surface area contributed by atoms with Gasteiger partial charge in [0.2, 0.25) is 5.01 Å². The van der Waals surface area contributed by atoms with Crippen molar-refractivity contribution in [2.45, 2.75) is 25.9 Å². The smallest absolute Gasteiger partial charge is 0.367 e. The van der Waals surface area contributed by atoms with Crippen molar-refractivity contribution in [2.75, 3.05) is 26.8 Å². The van der Waals surface area contributed by atoms with Gasteiger partial charge in [0.05, 0.1) is 12.7 Å². The van der Waals surface area contributed by atoms with E-state index in [1.165, 1.54) is 0 Å². The van der Waals surface area contributed by atoms with E-state index in [1.807, 2.05) is 0 Å². The first kappa shape index (κ1) is 14.9. The van der Waals surface area contributed by atoms with Gasteiger partial charge in [0, 0.05) is 25.6 Å². The Labute approximate surface area is 121 Å². The van der Waals surface area contributed by atoms with Gasteiger partial charge in [-0.3, -0.25) is 4.79 Å². The standard InChI is InChI=1S/C13H18N2O4S/c1-3-19-13(17)11-14-10(8-20-11)12(16)15-6-4-9(18-2)5-7-15/h8-9H,3-7H2,1-2H3. The molecule has 1 aromatic heterocycles. The van der Waals surface area contributed by atoms with E-state index in [0.717, 1.165) is 24.2 Å². The number of amides is 1. The number of rotatable bonds is 4. The Morgan fingerprint density at radius 2 is 2.15 bits per heavy atom. The second-order valence-electron chi connectivity index (χ2n) is 4.49. The molecule has 110 valence electrons. The maximum atomic E-state index is 12.3. The Morgan fingerprint density at radius 3 is 2.75 bits per heavy atom. The lowest BCUT2D eigenvalue weighted by Gasteiger charge is -2.30. The molecule has 0 bridgehead atoms. The Kier molecular flexibility index (Phi) is 5.08. The van der Waals surface area contributed by atoms with E-state index < -0.39 is 5.97 Å². The van der Waals surface area contributed by atoms with Crippen LogP contribution in [-0.4, -0.2) is 54.7 Å². The van der Waals surface area contributed by atoms with Crippen molar-refractivity contribution in [1.82, 2.24) is 9.88 Å². The molecule has 2 heterocycles. The first-order chi connectivity index (χ1) is 9.65. The van der Waals surface area contributed by atoms with Crippen LogP contribution in [0.2, 0.25) is 0 Å².